The summed E-state index contributed by atoms with van der Waals surface area (Å²) in [5.74, 6) is 0.879. The molecule has 3 nitrogen and oxygen atoms in total. The molecule has 2 aromatic carbocycles. The summed E-state index contributed by atoms with van der Waals surface area (Å²) in [5.41, 5.74) is 2.33. The molecule has 1 heterocycles. The molecule has 0 aliphatic heterocycles. The normalized spacial score (nSPS) is 10.7. The van der Waals surface area contributed by atoms with Crippen molar-refractivity contribution in [2.75, 3.05) is 5.32 Å². The summed E-state index contributed by atoms with van der Waals surface area (Å²) in [7, 11) is 0. The third-order valence-electron chi connectivity index (χ3n) is 3.43. The van der Waals surface area contributed by atoms with E-state index >= 15 is 0 Å². The van der Waals surface area contributed by atoms with Gasteiger partial charge in [-0.2, -0.15) is 0 Å². The van der Waals surface area contributed by atoms with Crippen molar-refractivity contribution >= 4 is 16.6 Å². The van der Waals surface area contributed by atoms with E-state index in [0.29, 0.717) is 0 Å². The fraction of sp³-hybridized carbons (Fsp3) is 0.176. The van der Waals surface area contributed by atoms with E-state index in [9.17, 15) is 0 Å². The van der Waals surface area contributed by atoms with Crippen LogP contribution in [0.5, 0.6) is 0 Å². The fourth-order valence-electron chi connectivity index (χ4n) is 2.32. The van der Waals surface area contributed by atoms with Crippen LogP contribution in [0.25, 0.3) is 10.8 Å². The Morgan fingerprint density at radius 2 is 1.85 bits per heavy atom. The highest BCUT2D eigenvalue weighted by atomic mass is 15.0. The first kappa shape index (κ1) is 12.6. The molecule has 1 aromatic heterocycles. The minimum absolute atomic E-state index is 0.765. The Bertz CT molecular complexity index is 717. The molecule has 0 aliphatic rings. The van der Waals surface area contributed by atoms with Gasteiger partial charge in [-0.05, 0) is 22.8 Å². The van der Waals surface area contributed by atoms with E-state index < -0.39 is 0 Å². The lowest BCUT2D eigenvalue weighted by Gasteiger charge is -2.09. The number of hydrogen-bond donors (Lipinski definition) is 1. The molecule has 0 fully saturated rings. The minimum atomic E-state index is 0.765. The van der Waals surface area contributed by atoms with Crippen molar-refractivity contribution in [1.82, 2.24) is 9.97 Å². The number of fused-ring (bicyclic) bond motifs is 1. The second-order valence-corrected chi connectivity index (χ2v) is 4.74. The number of rotatable bonds is 4. The van der Waals surface area contributed by atoms with Crippen LogP contribution in [0, 0.1) is 0 Å². The smallest absolute Gasteiger partial charge is 0.129 e. The fourth-order valence-corrected chi connectivity index (χ4v) is 2.32. The average Bonchev–Trinajstić information content (AvgIpc) is 2.53. The molecule has 0 atom stereocenters. The quantitative estimate of drug-likeness (QED) is 0.778. The van der Waals surface area contributed by atoms with Crippen LogP contribution in [0.2, 0.25) is 0 Å². The summed E-state index contributed by atoms with van der Waals surface area (Å²) in [5, 5.41) is 5.93. The molecule has 1 N–H and O–H groups in total. The molecule has 0 saturated carbocycles. The Labute approximate surface area is 118 Å². The van der Waals surface area contributed by atoms with Crippen molar-refractivity contribution in [3.63, 3.8) is 0 Å². The lowest BCUT2D eigenvalue weighted by atomic mass is 10.0. The Kier molecular flexibility index (Phi) is 3.59. The highest BCUT2D eigenvalue weighted by molar-refractivity contribution is 5.85. The van der Waals surface area contributed by atoms with Crippen molar-refractivity contribution in [3.05, 3.63) is 66.1 Å². The maximum Gasteiger partial charge on any atom is 0.129 e. The van der Waals surface area contributed by atoms with Gasteiger partial charge in [0, 0.05) is 18.3 Å². The zero-order valence-electron chi connectivity index (χ0n) is 11.5. The molecule has 20 heavy (non-hydrogen) atoms. The second kappa shape index (κ2) is 5.70. The van der Waals surface area contributed by atoms with Gasteiger partial charge < -0.3 is 5.32 Å². The molecule has 3 rings (SSSR count). The van der Waals surface area contributed by atoms with Crippen LogP contribution >= 0.6 is 0 Å². The summed E-state index contributed by atoms with van der Waals surface area (Å²) >= 11 is 0. The van der Waals surface area contributed by atoms with E-state index in [-0.39, 0.29) is 0 Å². The molecule has 0 unspecified atom stereocenters. The first-order chi connectivity index (χ1) is 9.86. The van der Waals surface area contributed by atoms with Crippen molar-refractivity contribution < 1.29 is 0 Å². The SMILES string of the molecule is CCc1cc(NCc2cccc3ccccc23)ncn1. The number of benzene rings is 2. The molecular weight excluding hydrogens is 246 g/mol. The summed E-state index contributed by atoms with van der Waals surface area (Å²) in [6.07, 6.45) is 2.54. The zero-order valence-corrected chi connectivity index (χ0v) is 11.5. The molecule has 3 aromatic rings. The largest absolute Gasteiger partial charge is 0.366 e. The molecule has 0 radical (unpaired) electrons. The number of anilines is 1. The van der Waals surface area contributed by atoms with E-state index in [2.05, 4.69) is 64.7 Å². The lowest BCUT2D eigenvalue weighted by molar-refractivity contribution is 0.988. The number of nitrogens with zero attached hydrogens (tertiary/aromatic N) is 2. The molecule has 100 valence electrons. The van der Waals surface area contributed by atoms with E-state index in [0.717, 1.165) is 24.5 Å². The van der Waals surface area contributed by atoms with Crippen molar-refractivity contribution in [3.8, 4) is 0 Å². The maximum atomic E-state index is 4.26. The van der Waals surface area contributed by atoms with Gasteiger partial charge in [-0.1, -0.05) is 49.4 Å². The van der Waals surface area contributed by atoms with E-state index in [1.807, 2.05) is 6.07 Å². The van der Waals surface area contributed by atoms with E-state index in [4.69, 9.17) is 0 Å². The van der Waals surface area contributed by atoms with Gasteiger partial charge in [0.2, 0.25) is 0 Å². The summed E-state index contributed by atoms with van der Waals surface area (Å²) in [6, 6.07) is 16.8. The molecular formula is C17H17N3. The van der Waals surface area contributed by atoms with Crippen LogP contribution in [-0.4, -0.2) is 9.97 Å². The van der Waals surface area contributed by atoms with Crippen LogP contribution < -0.4 is 5.32 Å². The number of aryl methyl sites for hydroxylation is 1. The van der Waals surface area contributed by atoms with Crippen LogP contribution in [0.3, 0.4) is 0 Å². The first-order valence-electron chi connectivity index (χ1n) is 6.88. The van der Waals surface area contributed by atoms with Gasteiger partial charge >= 0.3 is 0 Å². The monoisotopic (exact) mass is 263 g/mol. The standard InChI is InChI=1S/C17H17N3/c1-2-15-10-17(20-12-19-15)18-11-14-8-5-7-13-6-3-4-9-16(13)14/h3-10,12H,2,11H2,1H3,(H,18,19,20). The predicted molar refractivity (Wildman–Crippen MR) is 82.7 cm³/mol. The predicted octanol–water partition coefficient (Wildman–Crippen LogP) is 3.80. The lowest BCUT2D eigenvalue weighted by Crippen LogP contribution is -2.03. The zero-order chi connectivity index (χ0) is 13.8. The molecule has 0 aliphatic carbocycles. The maximum absolute atomic E-state index is 4.26. The van der Waals surface area contributed by atoms with Crippen LogP contribution in [-0.2, 0) is 13.0 Å². The summed E-state index contributed by atoms with van der Waals surface area (Å²) < 4.78 is 0. The average molecular weight is 263 g/mol. The first-order valence-corrected chi connectivity index (χ1v) is 6.88. The van der Waals surface area contributed by atoms with E-state index in [1.54, 1.807) is 6.33 Å². The number of nitrogens with one attached hydrogen (secondary N) is 1. The third kappa shape index (κ3) is 2.62. The van der Waals surface area contributed by atoms with Gasteiger partial charge in [0.25, 0.3) is 0 Å². The second-order valence-electron chi connectivity index (χ2n) is 4.74. The Balaban J connectivity index is 1.83. The van der Waals surface area contributed by atoms with Gasteiger partial charge in [0.15, 0.2) is 0 Å². The summed E-state index contributed by atoms with van der Waals surface area (Å²) in [4.78, 5) is 8.47. The van der Waals surface area contributed by atoms with Crippen molar-refractivity contribution in [2.45, 2.75) is 19.9 Å². The number of hydrogen-bond acceptors (Lipinski definition) is 3. The Hall–Kier alpha value is -2.42. The summed E-state index contributed by atoms with van der Waals surface area (Å²) in [6.45, 7) is 2.86. The van der Waals surface area contributed by atoms with Gasteiger partial charge in [0.05, 0.1) is 0 Å². The Morgan fingerprint density at radius 1 is 1.00 bits per heavy atom. The van der Waals surface area contributed by atoms with Gasteiger partial charge in [0.1, 0.15) is 12.1 Å². The minimum Gasteiger partial charge on any atom is -0.366 e. The highest BCUT2D eigenvalue weighted by Crippen LogP contribution is 2.19. The van der Waals surface area contributed by atoms with Gasteiger partial charge in [-0.25, -0.2) is 9.97 Å². The number of aromatic nitrogens is 2. The van der Waals surface area contributed by atoms with Crippen molar-refractivity contribution in [2.24, 2.45) is 0 Å². The molecule has 0 bridgehead atoms. The van der Waals surface area contributed by atoms with Gasteiger partial charge in [-0.3, -0.25) is 0 Å². The third-order valence-corrected chi connectivity index (χ3v) is 3.43. The molecule has 0 spiro atoms. The van der Waals surface area contributed by atoms with Gasteiger partial charge in [-0.15, -0.1) is 0 Å². The Morgan fingerprint density at radius 3 is 2.75 bits per heavy atom. The van der Waals surface area contributed by atoms with Crippen LogP contribution in [0.4, 0.5) is 5.82 Å². The van der Waals surface area contributed by atoms with Crippen LogP contribution in [0.15, 0.2) is 54.9 Å². The molecule has 0 amide bonds. The topological polar surface area (TPSA) is 37.8 Å². The van der Waals surface area contributed by atoms with Crippen molar-refractivity contribution in [1.29, 1.82) is 0 Å². The van der Waals surface area contributed by atoms with Crippen LogP contribution in [0.1, 0.15) is 18.2 Å². The van der Waals surface area contributed by atoms with E-state index in [1.165, 1.54) is 16.3 Å². The molecule has 0 saturated heterocycles. The molecule has 3 heteroatoms. The highest BCUT2D eigenvalue weighted by Gasteiger charge is 2.01.